The molecule has 0 spiro atoms. The molecule has 5 heterocycles. The highest BCUT2D eigenvalue weighted by atomic mass is 15.2. The standard InChI is InChI=1S/C19H26N6/c1-23-8-2-3-15(23)12-24-9-5-14(6-10-24)25-13-22-17-11-21-19-16(18(17)25)4-7-20-19/h4,7,11,13-15H,2-3,5-6,8-10,12H2,1H3,(H,20,21). The molecule has 132 valence electrons. The van der Waals surface area contributed by atoms with Crippen molar-refractivity contribution in [2.45, 2.75) is 37.8 Å². The van der Waals surface area contributed by atoms with E-state index >= 15 is 0 Å². The van der Waals surface area contributed by atoms with Gasteiger partial charge in [-0.15, -0.1) is 0 Å². The van der Waals surface area contributed by atoms with E-state index in [9.17, 15) is 0 Å². The first-order valence-corrected chi connectivity index (χ1v) is 9.51. The smallest absolute Gasteiger partial charge is 0.139 e. The summed E-state index contributed by atoms with van der Waals surface area (Å²) in [5.74, 6) is 0. The maximum atomic E-state index is 4.60. The highest BCUT2D eigenvalue weighted by Crippen LogP contribution is 2.30. The van der Waals surface area contributed by atoms with Crippen LogP contribution >= 0.6 is 0 Å². The molecule has 6 heteroatoms. The fourth-order valence-electron chi connectivity index (χ4n) is 4.70. The molecule has 5 rings (SSSR count). The third-order valence-corrected chi connectivity index (χ3v) is 6.21. The zero-order valence-corrected chi connectivity index (χ0v) is 14.9. The van der Waals surface area contributed by atoms with Crippen molar-refractivity contribution < 1.29 is 0 Å². The predicted molar refractivity (Wildman–Crippen MR) is 99.7 cm³/mol. The van der Waals surface area contributed by atoms with Crippen LogP contribution in [0.1, 0.15) is 31.7 Å². The number of likely N-dealkylation sites (N-methyl/N-ethyl adjacent to an activating group) is 1. The SMILES string of the molecule is CN1CCCC1CN1CCC(n2cnc3cnc4[nH]ccc4c32)CC1. The normalized spacial score (nSPS) is 24.0. The molecule has 3 aromatic rings. The second-order valence-electron chi connectivity index (χ2n) is 7.69. The summed E-state index contributed by atoms with van der Waals surface area (Å²) in [4.78, 5) is 17.5. The number of nitrogens with zero attached hydrogens (tertiary/aromatic N) is 5. The van der Waals surface area contributed by atoms with E-state index in [0.717, 1.165) is 17.2 Å². The quantitative estimate of drug-likeness (QED) is 0.798. The first kappa shape index (κ1) is 15.3. The van der Waals surface area contributed by atoms with E-state index in [1.54, 1.807) is 0 Å². The summed E-state index contributed by atoms with van der Waals surface area (Å²) in [5, 5.41) is 1.19. The van der Waals surface area contributed by atoms with Crippen molar-refractivity contribution in [2.75, 3.05) is 33.2 Å². The number of fused-ring (bicyclic) bond motifs is 3. The third-order valence-electron chi connectivity index (χ3n) is 6.21. The van der Waals surface area contributed by atoms with E-state index in [1.165, 1.54) is 62.8 Å². The molecule has 6 nitrogen and oxygen atoms in total. The van der Waals surface area contributed by atoms with Crippen LogP contribution in [0, 0.1) is 0 Å². The molecule has 2 aliphatic rings. The molecular formula is C19H26N6. The van der Waals surface area contributed by atoms with E-state index in [-0.39, 0.29) is 0 Å². The summed E-state index contributed by atoms with van der Waals surface area (Å²) in [5.41, 5.74) is 3.19. The Morgan fingerprint density at radius 2 is 2.04 bits per heavy atom. The summed E-state index contributed by atoms with van der Waals surface area (Å²) in [6.45, 7) is 4.88. The summed E-state index contributed by atoms with van der Waals surface area (Å²) in [7, 11) is 2.28. The number of imidazole rings is 1. The molecule has 0 bridgehead atoms. The minimum Gasteiger partial charge on any atom is -0.346 e. The van der Waals surface area contributed by atoms with Gasteiger partial charge in [-0.25, -0.2) is 9.97 Å². The monoisotopic (exact) mass is 338 g/mol. The maximum Gasteiger partial charge on any atom is 0.139 e. The lowest BCUT2D eigenvalue weighted by atomic mass is 10.0. The van der Waals surface area contributed by atoms with Gasteiger partial charge in [0.25, 0.3) is 0 Å². The van der Waals surface area contributed by atoms with Gasteiger partial charge in [0.1, 0.15) is 11.2 Å². The number of hydrogen-bond donors (Lipinski definition) is 1. The summed E-state index contributed by atoms with van der Waals surface area (Å²) in [6.07, 6.45) is 11.0. The number of likely N-dealkylation sites (tertiary alicyclic amines) is 2. The number of pyridine rings is 1. The van der Waals surface area contributed by atoms with E-state index in [4.69, 9.17) is 0 Å². The van der Waals surface area contributed by atoms with Gasteiger partial charge in [-0.1, -0.05) is 0 Å². The van der Waals surface area contributed by atoms with Gasteiger partial charge < -0.3 is 19.4 Å². The van der Waals surface area contributed by atoms with Gasteiger partial charge >= 0.3 is 0 Å². The first-order chi connectivity index (χ1) is 12.3. The highest BCUT2D eigenvalue weighted by molar-refractivity contribution is 6.00. The van der Waals surface area contributed by atoms with Crippen LogP contribution in [0.5, 0.6) is 0 Å². The van der Waals surface area contributed by atoms with Gasteiger partial charge in [0, 0.05) is 43.3 Å². The van der Waals surface area contributed by atoms with Crippen molar-refractivity contribution in [2.24, 2.45) is 0 Å². The summed E-state index contributed by atoms with van der Waals surface area (Å²) in [6, 6.07) is 3.42. The second-order valence-corrected chi connectivity index (χ2v) is 7.69. The number of piperidine rings is 1. The van der Waals surface area contributed by atoms with Crippen molar-refractivity contribution in [3.63, 3.8) is 0 Å². The van der Waals surface area contributed by atoms with Crippen LogP contribution in [0.2, 0.25) is 0 Å². The largest absolute Gasteiger partial charge is 0.346 e. The minimum atomic E-state index is 0.544. The molecule has 1 unspecified atom stereocenters. The molecule has 3 aromatic heterocycles. The zero-order chi connectivity index (χ0) is 16.8. The Kier molecular flexibility index (Phi) is 3.75. The second kappa shape index (κ2) is 6.11. The molecule has 1 N–H and O–H groups in total. The lowest BCUT2D eigenvalue weighted by molar-refractivity contribution is 0.146. The zero-order valence-electron chi connectivity index (χ0n) is 14.9. The van der Waals surface area contributed by atoms with Crippen LogP contribution in [0.15, 0.2) is 24.8 Å². The van der Waals surface area contributed by atoms with Gasteiger partial charge in [0.2, 0.25) is 0 Å². The Hall–Kier alpha value is -1.92. The van der Waals surface area contributed by atoms with Gasteiger partial charge in [0.15, 0.2) is 0 Å². The molecule has 2 saturated heterocycles. The van der Waals surface area contributed by atoms with Crippen LogP contribution in [-0.4, -0.2) is 68.6 Å². The van der Waals surface area contributed by atoms with E-state index in [0.29, 0.717) is 6.04 Å². The van der Waals surface area contributed by atoms with E-state index < -0.39 is 0 Å². The molecule has 25 heavy (non-hydrogen) atoms. The number of rotatable bonds is 3. The maximum absolute atomic E-state index is 4.60. The molecule has 1 atom stereocenters. The van der Waals surface area contributed by atoms with Gasteiger partial charge in [0.05, 0.1) is 18.0 Å². The first-order valence-electron chi connectivity index (χ1n) is 9.51. The highest BCUT2D eigenvalue weighted by Gasteiger charge is 2.27. The Labute approximate surface area is 147 Å². The number of H-pyrrole nitrogens is 1. The predicted octanol–water partition coefficient (Wildman–Crippen LogP) is 2.64. The Morgan fingerprint density at radius 3 is 2.84 bits per heavy atom. The number of aromatic nitrogens is 4. The van der Waals surface area contributed by atoms with Crippen molar-refractivity contribution >= 4 is 22.1 Å². The topological polar surface area (TPSA) is 53.0 Å². The van der Waals surface area contributed by atoms with Crippen LogP contribution in [0.3, 0.4) is 0 Å². The average Bonchev–Trinajstić information content (AvgIpc) is 3.35. The van der Waals surface area contributed by atoms with Gasteiger partial charge in [-0.3, -0.25) is 0 Å². The lowest BCUT2D eigenvalue weighted by Crippen LogP contribution is -2.42. The molecule has 0 saturated carbocycles. The van der Waals surface area contributed by atoms with Crippen LogP contribution < -0.4 is 0 Å². The Bertz CT molecular complexity index is 872. The molecule has 0 aliphatic carbocycles. The number of aromatic amines is 1. The fraction of sp³-hybridized carbons (Fsp3) is 0.579. The molecule has 0 aromatic carbocycles. The molecule has 0 radical (unpaired) electrons. The van der Waals surface area contributed by atoms with Crippen molar-refractivity contribution in [1.29, 1.82) is 0 Å². The number of nitrogens with one attached hydrogen (secondary N) is 1. The molecule has 2 aliphatic heterocycles. The fourth-order valence-corrected chi connectivity index (χ4v) is 4.70. The van der Waals surface area contributed by atoms with Crippen LogP contribution in [-0.2, 0) is 0 Å². The Balaban J connectivity index is 1.34. The van der Waals surface area contributed by atoms with Crippen molar-refractivity contribution in [3.05, 3.63) is 24.8 Å². The Morgan fingerprint density at radius 1 is 1.16 bits per heavy atom. The molecule has 2 fully saturated rings. The molecule has 0 amide bonds. The van der Waals surface area contributed by atoms with Gasteiger partial charge in [-0.2, -0.15) is 0 Å². The van der Waals surface area contributed by atoms with Crippen molar-refractivity contribution in [3.8, 4) is 0 Å². The van der Waals surface area contributed by atoms with Crippen LogP contribution in [0.4, 0.5) is 0 Å². The summed E-state index contributed by atoms with van der Waals surface area (Å²) >= 11 is 0. The van der Waals surface area contributed by atoms with Crippen LogP contribution in [0.25, 0.3) is 22.1 Å². The van der Waals surface area contributed by atoms with Crippen molar-refractivity contribution in [1.82, 2.24) is 29.3 Å². The third kappa shape index (κ3) is 2.64. The van der Waals surface area contributed by atoms with E-state index in [1.807, 2.05) is 18.7 Å². The number of hydrogen-bond acceptors (Lipinski definition) is 4. The lowest BCUT2D eigenvalue weighted by Gasteiger charge is -2.35. The molecular weight excluding hydrogens is 312 g/mol. The minimum absolute atomic E-state index is 0.544. The summed E-state index contributed by atoms with van der Waals surface area (Å²) < 4.78 is 2.40. The average molecular weight is 338 g/mol. The van der Waals surface area contributed by atoms with E-state index in [2.05, 4.69) is 42.4 Å². The van der Waals surface area contributed by atoms with Gasteiger partial charge in [-0.05, 0) is 45.3 Å².